The predicted octanol–water partition coefficient (Wildman–Crippen LogP) is 5.92. The third-order valence-electron chi connectivity index (χ3n) is 2.73. The summed E-state index contributed by atoms with van der Waals surface area (Å²) in [6, 6.07) is 7.03. The minimum atomic E-state index is -4.55. The van der Waals surface area contributed by atoms with Gasteiger partial charge in [-0.15, -0.1) is 0 Å². The highest BCUT2D eigenvalue weighted by atomic mass is 35.5. The number of hydrogen-bond donors (Lipinski definition) is 1. The number of anilines is 1. The molecule has 0 radical (unpaired) electrons. The van der Waals surface area contributed by atoms with E-state index < -0.39 is 17.6 Å². The number of carbonyl (C=O) groups is 1. The normalized spacial score (nSPS) is 11.4. The topological polar surface area (TPSA) is 29.1 Å². The van der Waals surface area contributed by atoms with Crippen molar-refractivity contribution in [1.29, 1.82) is 0 Å². The molecule has 116 valence electrons. The van der Waals surface area contributed by atoms with Gasteiger partial charge in [0, 0.05) is 0 Å². The van der Waals surface area contributed by atoms with Crippen molar-refractivity contribution in [2.24, 2.45) is 0 Å². The number of halogens is 6. The van der Waals surface area contributed by atoms with Crippen molar-refractivity contribution in [3.63, 3.8) is 0 Å². The van der Waals surface area contributed by atoms with Gasteiger partial charge in [-0.25, -0.2) is 0 Å². The van der Waals surface area contributed by atoms with Crippen LogP contribution in [0.3, 0.4) is 0 Å². The largest absolute Gasteiger partial charge is 0.416 e. The van der Waals surface area contributed by atoms with Crippen molar-refractivity contribution < 1.29 is 18.0 Å². The molecule has 0 spiro atoms. The molecule has 0 aliphatic carbocycles. The fraction of sp³-hybridized carbons (Fsp3) is 0.0714. The van der Waals surface area contributed by atoms with Crippen LogP contribution in [0.4, 0.5) is 18.9 Å². The van der Waals surface area contributed by atoms with Crippen LogP contribution in [0.1, 0.15) is 15.9 Å². The van der Waals surface area contributed by atoms with Crippen LogP contribution in [0.15, 0.2) is 36.4 Å². The van der Waals surface area contributed by atoms with E-state index in [0.29, 0.717) is 0 Å². The maximum Gasteiger partial charge on any atom is 0.416 e. The van der Waals surface area contributed by atoms with Gasteiger partial charge in [0.05, 0.1) is 31.9 Å². The van der Waals surface area contributed by atoms with Crippen molar-refractivity contribution >= 4 is 46.4 Å². The van der Waals surface area contributed by atoms with E-state index in [4.69, 9.17) is 34.8 Å². The van der Waals surface area contributed by atoms with Crippen LogP contribution >= 0.6 is 34.8 Å². The summed E-state index contributed by atoms with van der Waals surface area (Å²) in [5.74, 6) is -0.753. The molecule has 22 heavy (non-hydrogen) atoms. The number of rotatable bonds is 2. The first-order chi connectivity index (χ1) is 10.2. The van der Waals surface area contributed by atoms with E-state index in [9.17, 15) is 18.0 Å². The molecule has 0 unspecified atom stereocenters. The third kappa shape index (κ3) is 3.66. The van der Waals surface area contributed by atoms with E-state index in [2.05, 4.69) is 5.32 Å². The van der Waals surface area contributed by atoms with Gasteiger partial charge < -0.3 is 5.32 Å². The Morgan fingerprint density at radius 2 is 1.55 bits per heavy atom. The maximum atomic E-state index is 12.7. The second-order valence-electron chi connectivity index (χ2n) is 4.24. The van der Waals surface area contributed by atoms with E-state index in [1.807, 2.05) is 0 Å². The first kappa shape index (κ1) is 16.9. The molecule has 2 nitrogen and oxygen atoms in total. The lowest BCUT2D eigenvalue weighted by Gasteiger charge is -2.12. The van der Waals surface area contributed by atoms with Crippen molar-refractivity contribution in [2.75, 3.05) is 5.32 Å². The molecule has 2 aromatic carbocycles. The summed E-state index contributed by atoms with van der Waals surface area (Å²) in [6.45, 7) is 0. The number of carbonyl (C=O) groups excluding carboxylic acids is 1. The SMILES string of the molecule is O=C(Nc1cc(C(F)(F)F)ccc1Cl)c1c(Cl)cccc1Cl. The van der Waals surface area contributed by atoms with Crippen molar-refractivity contribution in [3.05, 3.63) is 62.6 Å². The third-order valence-corrected chi connectivity index (χ3v) is 3.69. The number of nitrogens with one attached hydrogen (secondary N) is 1. The lowest BCUT2D eigenvalue weighted by Crippen LogP contribution is -2.14. The standard InChI is InChI=1S/C14H7Cl3F3NO/c15-8-5-4-7(14(18,19)20)6-11(8)21-13(22)12-9(16)2-1-3-10(12)17/h1-6H,(H,21,22). The van der Waals surface area contributed by atoms with Gasteiger partial charge in [0.25, 0.3) is 5.91 Å². The Morgan fingerprint density at radius 3 is 2.09 bits per heavy atom. The summed E-state index contributed by atoms with van der Waals surface area (Å²) >= 11 is 17.6. The maximum absolute atomic E-state index is 12.7. The lowest BCUT2D eigenvalue weighted by molar-refractivity contribution is -0.137. The molecule has 0 fully saturated rings. The van der Waals surface area contributed by atoms with Gasteiger partial charge in [0.1, 0.15) is 0 Å². The average Bonchev–Trinajstić information content (AvgIpc) is 2.39. The smallest absolute Gasteiger partial charge is 0.321 e. The molecule has 2 rings (SSSR count). The minimum absolute atomic E-state index is 0.0375. The van der Waals surface area contributed by atoms with Crippen LogP contribution in [0.25, 0.3) is 0 Å². The fourth-order valence-electron chi connectivity index (χ4n) is 1.70. The second-order valence-corrected chi connectivity index (χ2v) is 5.46. The monoisotopic (exact) mass is 367 g/mol. The Balaban J connectivity index is 2.37. The summed E-state index contributed by atoms with van der Waals surface area (Å²) in [6.07, 6.45) is -4.55. The summed E-state index contributed by atoms with van der Waals surface area (Å²) < 4.78 is 38.1. The number of hydrogen-bond acceptors (Lipinski definition) is 1. The molecule has 0 heterocycles. The van der Waals surface area contributed by atoms with Crippen molar-refractivity contribution in [1.82, 2.24) is 0 Å². The summed E-state index contributed by atoms with van der Waals surface area (Å²) in [5, 5.41) is 2.40. The minimum Gasteiger partial charge on any atom is -0.321 e. The molecule has 1 amide bonds. The van der Waals surface area contributed by atoms with Crippen LogP contribution in [-0.4, -0.2) is 5.91 Å². The quantitative estimate of drug-likeness (QED) is 0.700. The van der Waals surface area contributed by atoms with E-state index in [1.54, 1.807) is 6.07 Å². The summed E-state index contributed by atoms with van der Waals surface area (Å²) in [5.41, 5.74) is -1.16. The second kappa shape index (κ2) is 6.36. The van der Waals surface area contributed by atoms with Crippen LogP contribution in [-0.2, 0) is 6.18 Å². The van der Waals surface area contributed by atoms with Gasteiger partial charge in [-0.2, -0.15) is 13.2 Å². The fourth-order valence-corrected chi connectivity index (χ4v) is 2.43. The molecule has 0 aromatic heterocycles. The average molecular weight is 369 g/mol. The molecule has 0 aliphatic rings. The number of benzene rings is 2. The van der Waals surface area contributed by atoms with Gasteiger partial charge >= 0.3 is 6.18 Å². The molecule has 8 heteroatoms. The number of alkyl halides is 3. The van der Waals surface area contributed by atoms with Gasteiger partial charge in [0.15, 0.2) is 0 Å². The Bertz CT molecular complexity index is 712. The van der Waals surface area contributed by atoms with E-state index in [0.717, 1.165) is 18.2 Å². The predicted molar refractivity (Wildman–Crippen MR) is 80.9 cm³/mol. The number of amides is 1. The van der Waals surface area contributed by atoms with Crippen molar-refractivity contribution in [3.8, 4) is 0 Å². The Morgan fingerprint density at radius 1 is 0.955 bits per heavy atom. The van der Waals surface area contributed by atoms with Crippen molar-refractivity contribution in [2.45, 2.75) is 6.18 Å². The Kier molecular flexibility index (Phi) is 4.90. The highest BCUT2D eigenvalue weighted by Gasteiger charge is 2.31. The Hall–Kier alpha value is -1.43. The van der Waals surface area contributed by atoms with Crippen LogP contribution in [0.5, 0.6) is 0 Å². The summed E-state index contributed by atoms with van der Waals surface area (Å²) in [4.78, 5) is 12.1. The molecule has 1 N–H and O–H groups in total. The molecule has 0 saturated carbocycles. The zero-order valence-electron chi connectivity index (χ0n) is 10.6. The first-order valence-corrected chi connectivity index (χ1v) is 6.95. The van der Waals surface area contributed by atoms with Crippen LogP contribution in [0.2, 0.25) is 15.1 Å². The van der Waals surface area contributed by atoms with E-state index in [1.165, 1.54) is 12.1 Å². The highest BCUT2D eigenvalue weighted by molar-refractivity contribution is 6.40. The van der Waals surface area contributed by atoms with Gasteiger partial charge in [0.2, 0.25) is 0 Å². The molecule has 0 aliphatic heterocycles. The van der Waals surface area contributed by atoms with E-state index in [-0.39, 0.29) is 26.3 Å². The van der Waals surface area contributed by atoms with Crippen LogP contribution < -0.4 is 5.32 Å². The zero-order valence-corrected chi connectivity index (χ0v) is 12.9. The highest BCUT2D eigenvalue weighted by Crippen LogP contribution is 2.34. The molecule has 2 aromatic rings. The molecular formula is C14H7Cl3F3NO. The first-order valence-electron chi connectivity index (χ1n) is 5.82. The molecule has 0 atom stereocenters. The van der Waals surface area contributed by atoms with Gasteiger partial charge in [-0.1, -0.05) is 40.9 Å². The molecular weight excluding hydrogens is 362 g/mol. The van der Waals surface area contributed by atoms with E-state index >= 15 is 0 Å². The van der Waals surface area contributed by atoms with Crippen LogP contribution in [0, 0.1) is 0 Å². The molecule has 0 saturated heterocycles. The Labute approximate surface area is 138 Å². The molecule has 0 bridgehead atoms. The van der Waals surface area contributed by atoms with Gasteiger partial charge in [-0.3, -0.25) is 4.79 Å². The zero-order chi connectivity index (χ0) is 16.5. The van der Waals surface area contributed by atoms with Gasteiger partial charge in [-0.05, 0) is 30.3 Å². The summed E-state index contributed by atoms with van der Waals surface area (Å²) in [7, 11) is 0. The lowest BCUT2D eigenvalue weighted by atomic mass is 10.1.